The zero-order valence-electron chi connectivity index (χ0n) is 10.1. The van der Waals surface area contributed by atoms with Gasteiger partial charge in [-0.1, -0.05) is 0 Å². The predicted molar refractivity (Wildman–Crippen MR) is 65.8 cm³/mol. The summed E-state index contributed by atoms with van der Waals surface area (Å²) in [6.07, 6.45) is 3.86. The fraction of sp³-hybridized carbons (Fsp3) is 0.500. The van der Waals surface area contributed by atoms with Crippen molar-refractivity contribution in [1.82, 2.24) is 5.32 Å². The van der Waals surface area contributed by atoms with Crippen LogP contribution >= 0.6 is 0 Å². The van der Waals surface area contributed by atoms with Crippen molar-refractivity contribution >= 4 is 6.29 Å². The van der Waals surface area contributed by atoms with E-state index in [4.69, 9.17) is 0 Å². The molecule has 1 aliphatic rings. The van der Waals surface area contributed by atoms with Gasteiger partial charge in [-0.3, -0.25) is 4.79 Å². The highest BCUT2D eigenvalue weighted by Gasteiger charge is 2.16. The van der Waals surface area contributed by atoms with Gasteiger partial charge in [-0.25, -0.2) is 4.39 Å². The van der Waals surface area contributed by atoms with E-state index in [2.05, 4.69) is 5.32 Å². The van der Waals surface area contributed by atoms with Crippen molar-refractivity contribution in [1.29, 1.82) is 0 Å². The second-order valence-corrected chi connectivity index (χ2v) is 4.82. The Bertz CT molecular complexity index is 411. The van der Waals surface area contributed by atoms with Gasteiger partial charge in [0.25, 0.3) is 0 Å². The normalized spacial score (nSPS) is 17.1. The summed E-state index contributed by atoms with van der Waals surface area (Å²) in [7, 11) is 0. The largest absolute Gasteiger partial charge is 0.317 e. The van der Waals surface area contributed by atoms with Crippen LogP contribution in [0.1, 0.15) is 34.3 Å². The van der Waals surface area contributed by atoms with Gasteiger partial charge in [0.05, 0.1) is 0 Å². The quantitative estimate of drug-likeness (QED) is 0.815. The van der Waals surface area contributed by atoms with E-state index in [0.29, 0.717) is 17.0 Å². The lowest BCUT2D eigenvalue weighted by atomic mass is 9.88. The lowest BCUT2D eigenvalue weighted by Crippen LogP contribution is -2.28. The van der Waals surface area contributed by atoms with Crippen molar-refractivity contribution in [2.45, 2.75) is 26.2 Å². The smallest absolute Gasteiger partial charge is 0.150 e. The molecule has 0 radical (unpaired) electrons. The van der Waals surface area contributed by atoms with Crippen molar-refractivity contribution in [2.24, 2.45) is 5.92 Å². The molecule has 0 bridgehead atoms. The van der Waals surface area contributed by atoms with Crippen LogP contribution in [-0.4, -0.2) is 19.4 Å². The third-order valence-corrected chi connectivity index (χ3v) is 3.51. The van der Waals surface area contributed by atoms with E-state index >= 15 is 0 Å². The first-order chi connectivity index (χ1) is 8.20. The molecule has 1 aliphatic heterocycles. The van der Waals surface area contributed by atoms with E-state index in [1.807, 2.05) is 0 Å². The van der Waals surface area contributed by atoms with Crippen LogP contribution in [-0.2, 0) is 6.42 Å². The Morgan fingerprint density at radius 1 is 1.41 bits per heavy atom. The third-order valence-electron chi connectivity index (χ3n) is 3.51. The van der Waals surface area contributed by atoms with Crippen molar-refractivity contribution in [3.05, 3.63) is 34.6 Å². The van der Waals surface area contributed by atoms with Crippen LogP contribution in [0.4, 0.5) is 4.39 Å². The molecule has 3 heteroatoms. The van der Waals surface area contributed by atoms with Gasteiger partial charge in [-0.15, -0.1) is 0 Å². The number of carbonyl (C=O) groups excluding carboxylic acids is 1. The average molecular weight is 235 g/mol. The van der Waals surface area contributed by atoms with Crippen molar-refractivity contribution in [3.63, 3.8) is 0 Å². The summed E-state index contributed by atoms with van der Waals surface area (Å²) in [4.78, 5) is 11.0. The molecule has 0 aromatic heterocycles. The van der Waals surface area contributed by atoms with Crippen molar-refractivity contribution in [2.75, 3.05) is 13.1 Å². The SMILES string of the molecule is Cc1cc(C=O)c(CC2CCNCC2)cc1F. The van der Waals surface area contributed by atoms with Crippen LogP contribution in [0.5, 0.6) is 0 Å². The molecular formula is C14H18FNO. The minimum absolute atomic E-state index is 0.209. The van der Waals surface area contributed by atoms with E-state index in [0.717, 1.165) is 44.2 Å². The molecule has 0 unspecified atom stereocenters. The summed E-state index contributed by atoms with van der Waals surface area (Å²) in [5, 5.41) is 3.31. The first-order valence-corrected chi connectivity index (χ1v) is 6.15. The fourth-order valence-electron chi connectivity index (χ4n) is 2.43. The summed E-state index contributed by atoms with van der Waals surface area (Å²) < 4.78 is 13.5. The highest BCUT2D eigenvalue weighted by molar-refractivity contribution is 5.77. The lowest BCUT2D eigenvalue weighted by Gasteiger charge is -2.23. The molecule has 0 aliphatic carbocycles. The highest BCUT2D eigenvalue weighted by atomic mass is 19.1. The number of rotatable bonds is 3. The molecule has 1 heterocycles. The number of piperidine rings is 1. The zero-order valence-corrected chi connectivity index (χ0v) is 10.1. The molecule has 1 N–H and O–H groups in total. The lowest BCUT2D eigenvalue weighted by molar-refractivity contribution is 0.112. The third kappa shape index (κ3) is 2.91. The summed E-state index contributed by atoms with van der Waals surface area (Å²) >= 11 is 0. The van der Waals surface area contributed by atoms with E-state index in [-0.39, 0.29) is 5.82 Å². The summed E-state index contributed by atoms with van der Waals surface area (Å²) in [5.74, 6) is 0.358. The number of carbonyl (C=O) groups is 1. The van der Waals surface area contributed by atoms with Crippen molar-refractivity contribution < 1.29 is 9.18 Å². The topological polar surface area (TPSA) is 29.1 Å². The molecule has 2 rings (SSSR count). The minimum Gasteiger partial charge on any atom is -0.317 e. The first kappa shape index (κ1) is 12.2. The summed E-state index contributed by atoms with van der Waals surface area (Å²) in [5.41, 5.74) is 2.04. The van der Waals surface area contributed by atoms with Crippen LogP contribution in [0.2, 0.25) is 0 Å². The van der Waals surface area contributed by atoms with E-state index < -0.39 is 0 Å². The number of aryl methyl sites for hydroxylation is 1. The van der Waals surface area contributed by atoms with E-state index in [1.165, 1.54) is 6.07 Å². The van der Waals surface area contributed by atoms with Gasteiger partial charge in [0.2, 0.25) is 0 Å². The molecule has 92 valence electrons. The van der Waals surface area contributed by atoms with Crippen LogP contribution in [0.15, 0.2) is 12.1 Å². The van der Waals surface area contributed by atoms with Gasteiger partial charge < -0.3 is 5.32 Å². The van der Waals surface area contributed by atoms with E-state index in [9.17, 15) is 9.18 Å². The first-order valence-electron chi connectivity index (χ1n) is 6.15. The molecule has 2 nitrogen and oxygen atoms in total. The Hall–Kier alpha value is -1.22. The Balaban J connectivity index is 2.18. The molecule has 1 aromatic rings. The highest BCUT2D eigenvalue weighted by Crippen LogP contribution is 2.22. The number of aldehydes is 1. The molecule has 17 heavy (non-hydrogen) atoms. The Labute approximate surface area is 101 Å². The summed E-state index contributed by atoms with van der Waals surface area (Å²) in [6.45, 7) is 3.74. The van der Waals surface area contributed by atoms with Crippen LogP contribution < -0.4 is 5.32 Å². The maximum Gasteiger partial charge on any atom is 0.150 e. The fourth-order valence-corrected chi connectivity index (χ4v) is 2.43. The molecule has 1 saturated heterocycles. The molecule has 0 amide bonds. The monoisotopic (exact) mass is 235 g/mol. The standard InChI is InChI=1S/C14H18FNO/c1-10-6-13(9-17)12(8-14(10)15)7-11-2-4-16-5-3-11/h6,8-9,11,16H,2-5,7H2,1H3. The van der Waals surface area contributed by atoms with Gasteiger partial charge >= 0.3 is 0 Å². The van der Waals surface area contributed by atoms with Crippen molar-refractivity contribution in [3.8, 4) is 0 Å². The molecule has 0 atom stereocenters. The Kier molecular flexibility index (Phi) is 3.89. The maximum absolute atomic E-state index is 13.5. The van der Waals surface area contributed by atoms with Gasteiger partial charge in [-0.05, 0) is 68.5 Å². The summed E-state index contributed by atoms with van der Waals surface area (Å²) in [6, 6.07) is 3.18. The molecule has 0 spiro atoms. The number of benzene rings is 1. The van der Waals surface area contributed by atoms with Gasteiger partial charge in [-0.2, -0.15) is 0 Å². The van der Waals surface area contributed by atoms with Crippen LogP contribution in [0.3, 0.4) is 0 Å². The minimum atomic E-state index is -0.209. The molecule has 0 saturated carbocycles. The van der Waals surface area contributed by atoms with Gasteiger partial charge in [0, 0.05) is 5.56 Å². The van der Waals surface area contributed by atoms with Gasteiger partial charge in [0.15, 0.2) is 0 Å². The number of nitrogens with one attached hydrogen (secondary N) is 1. The molecular weight excluding hydrogens is 217 g/mol. The predicted octanol–water partition coefficient (Wildman–Crippen LogP) is 2.49. The second kappa shape index (κ2) is 5.41. The van der Waals surface area contributed by atoms with Gasteiger partial charge in [0.1, 0.15) is 12.1 Å². The molecule has 1 fully saturated rings. The van der Waals surface area contributed by atoms with E-state index in [1.54, 1.807) is 13.0 Å². The number of halogens is 1. The second-order valence-electron chi connectivity index (χ2n) is 4.82. The van der Waals surface area contributed by atoms with Crippen LogP contribution in [0, 0.1) is 18.7 Å². The average Bonchev–Trinajstić information content (AvgIpc) is 2.35. The maximum atomic E-state index is 13.5. The number of hydrogen-bond donors (Lipinski definition) is 1. The Morgan fingerprint density at radius 2 is 2.12 bits per heavy atom. The zero-order chi connectivity index (χ0) is 12.3. The Morgan fingerprint density at radius 3 is 2.76 bits per heavy atom. The number of hydrogen-bond acceptors (Lipinski definition) is 2. The molecule has 1 aromatic carbocycles. The van der Waals surface area contributed by atoms with Crippen LogP contribution in [0.25, 0.3) is 0 Å².